The normalized spacial score (nSPS) is 28.0. The summed E-state index contributed by atoms with van der Waals surface area (Å²) >= 11 is 0. The average molecular weight is 227 g/mol. The molecule has 1 heterocycles. The van der Waals surface area contributed by atoms with Gasteiger partial charge in [-0.1, -0.05) is 6.92 Å². The number of hydrogen-bond acceptors (Lipinski definition) is 3. The third-order valence-corrected chi connectivity index (χ3v) is 3.42. The summed E-state index contributed by atoms with van der Waals surface area (Å²) < 4.78 is 0. The van der Waals surface area contributed by atoms with Crippen LogP contribution in [0.25, 0.3) is 0 Å². The van der Waals surface area contributed by atoms with Crippen molar-refractivity contribution in [1.29, 1.82) is 0 Å². The number of hydrogen-bond donors (Lipinski definition) is 2. The van der Waals surface area contributed by atoms with Gasteiger partial charge in [0.05, 0.1) is 5.54 Å². The highest BCUT2D eigenvalue weighted by Crippen LogP contribution is 2.22. The molecule has 1 atom stereocenters. The molecule has 1 rings (SSSR count). The lowest BCUT2D eigenvalue weighted by atomic mass is 9.89. The summed E-state index contributed by atoms with van der Waals surface area (Å²) in [6.07, 6.45) is 2.72. The first-order valence-corrected chi connectivity index (χ1v) is 6.30. The van der Waals surface area contributed by atoms with Gasteiger partial charge in [-0.15, -0.1) is 0 Å². The van der Waals surface area contributed by atoms with Crippen LogP contribution in [0.1, 0.15) is 40.0 Å². The summed E-state index contributed by atoms with van der Waals surface area (Å²) in [6.45, 7) is 9.37. The molecule has 1 unspecified atom stereocenters. The smallest absolute Gasteiger partial charge is 0.237 e. The molecule has 0 saturated carbocycles. The first-order chi connectivity index (χ1) is 7.50. The molecule has 1 aliphatic rings. The van der Waals surface area contributed by atoms with E-state index in [4.69, 9.17) is 5.73 Å². The van der Waals surface area contributed by atoms with Crippen LogP contribution in [0.15, 0.2) is 0 Å². The fourth-order valence-corrected chi connectivity index (χ4v) is 2.52. The van der Waals surface area contributed by atoms with Crippen LogP contribution in [0.3, 0.4) is 0 Å². The molecule has 1 saturated heterocycles. The van der Waals surface area contributed by atoms with Crippen molar-refractivity contribution in [3.63, 3.8) is 0 Å². The Morgan fingerprint density at radius 2 is 2.12 bits per heavy atom. The molecule has 0 aromatic rings. The zero-order valence-electron chi connectivity index (χ0n) is 10.8. The van der Waals surface area contributed by atoms with Crippen molar-refractivity contribution < 1.29 is 4.79 Å². The quantitative estimate of drug-likeness (QED) is 0.744. The molecule has 16 heavy (non-hydrogen) atoms. The van der Waals surface area contributed by atoms with Gasteiger partial charge in [0.25, 0.3) is 0 Å². The third kappa shape index (κ3) is 3.19. The van der Waals surface area contributed by atoms with E-state index in [2.05, 4.69) is 31.0 Å². The van der Waals surface area contributed by atoms with Gasteiger partial charge in [-0.25, -0.2) is 0 Å². The van der Waals surface area contributed by atoms with E-state index in [1.165, 1.54) is 0 Å². The van der Waals surface area contributed by atoms with Gasteiger partial charge in [-0.2, -0.15) is 0 Å². The molecule has 1 fully saturated rings. The molecule has 1 aliphatic heterocycles. The maximum Gasteiger partial charge on any atom is 0.237 e. The Morgan fingerprint density at radius 1 is 1.44 bits per heavy atom. The number of nitrogens with one attached hydrogen (secondary N) is 1. The number of nitrogens with two attached hydrogens (primary N) is 1. The molecule has 0 spiro atoms. The molecular formula is C12H25N3O. The standard InChI is InChI=1S/C12H25N3O/c1-4-15-8-5-6-12(7-9-15,11(13)16)14-10(2)3/h10,14H,4-9H2,1-3H3,(H2,13,16). The van der Waals surface area contributed by atoms with Crippen molar-refractivity contribution >= 4 is 5.91 Å². The zero-order chi connectivity index (χ0) is 12.2. The Kier molecular flexibility index (Phi) is 4.74. The molecule has 0 aromatic heterocycles. The molecule has 94 valence electrons. The van der Waals surface area contributed by atoms with E-state index in [1.807, 2.05) is 0 Å². The third-order valence-electron chi connectivity index (χ3n) is 3.42. The Bertz CT molecular complexity index is 242. The SMILES string of the molecule is CCN1CCCC(NC(C)C)(C(N)=O)CC1. The predicted octanol–water partition coefficient (Wildman–Crippen LogP) is 0.714. The summed E-state index contributed by atoms with van der Waals surface area (Å²) in [7, 11) is 0. The zero-order valence-corrected chi connectivity index (χ0v) is 10.8. The second-order valence-corrected chi connectivity index (χ2v) is 5.03. The van der Waals surface area contributed by atoms with Crippen LogP contribution in [0.2, 0.25) is 0 Å². The molecule has 3 N–H and O–H groups in total. The van der Waals surface area contributed by atoms with E-state index >= 15 is 0 Å². The van der Waals surface area contributed by atoms with E-state index < -0.39 is 5.54 Å². The fraction of sp³-hybridized carbons (Fsp3) is 0.917. The number of carbonyl (C=O) groups excluding carboxylic acids is 1. The molecule has 1 amide bonds. The number of primary amides is 1. The summed E-state index contributed by atoms with van der Waals surface area (Å²) in [4.78, 5) is 14.1. The molecular weight excluding hydrogens is 202 g/mol. The highest BCUT2D eigenvalue weighted by molar-refractivity contribution is 5.84. The summed E-state index contributed by atoms with van der Waals surface area (Å²) in [5.74, 6) is -0.195. The second kappa shape index (κ2) is 5.64. The largest absolute Gasteiger partial charge is 0.368 e. The molecule has 0 aliphatic carbocycles. The van der Waals surface area contributed by atoms with Crippen LogP contribution in [-0.4, -0.2) is 42.0 Å². The Morgan fingerprint density at radius 3 is 2.62 bits per heavy atom. The second-order valence-electron chi connectivity index (χ2n) is 5.03. The van der Waals surface area contributed by atoms with Crippen LogP contribution in [-0.2, 0) is 4.79 Å². The van der Waals surface area contributed by atoms with Crippen molar-refractivity contribution in [2.24, 2.45) is 5.73 Å². The van der Waals surface area contributed by atoms with Gasteiger partial charge in [0.1, 0.15) is 0 Å². The maximum absolute atomic E-state index is 11.7. The van der Waals surface area contributed by atoms with Crippen molar-refractivity contribution in [3.05, 3.63) is 0 Å². The first-order valence-electron chi connectivity index (χ1n) is 6.30. The number of likely N-dealkylation sites (tertiary alicyclic amines) is 1. The fourth-order valence-electron chi connectivity index (χ4n) is 2.52. The van der Waals surface area contributed by atoms with Crippen molar-refractivity contribution in [1.82, 2.24) is 10.2 Å². The van der Waals surface area contributed by atoms with Crippen LogP contribution in [0.4, 0.5) is 0 Å². The van der Waals surface area contributed by atoms with Gasteiger partial charge >= 0.3 is 0 Å². The molecule has 4 nitrogen and oxygen atoms in total. The lowest BCUT2D eigenvalue weighted by Crippen LogP contribution is -2.58. The number of nitrogens with zero attached hydrogens (tertiary/aromatic N) is 1. The average Bonchev–Trinajstić information content (AvgIpc) is 2.40. The van der Waals surface area contributed by atoms with E-state index in [0.717, 1.165) is 38.9 Å². The van der Waals surface area contributed by atoms with Crippen molar-refractivity contribution in [2.45, 2.75) is 51.6 Å². The Labute approximate surface area is 98.6 Å². The van der Waals surface area contributed by atoms with E-state index in [1.54, 1.807) is 0 Å². The minimum atomic E-state index is -0.488. The lowest BCUT2D eigenvalue weighted by Gasteiger charge is -2.32. The highest BCUT2D eigenvalue weighted by atomic mass is 16.1. The van der Waals surface area contributed by atoms with Gasteiger partial charge in [-0.3, -0.25) is 4.79 Å². The van der Waals surface area contributed by atoms with Gasteiger partial charge in [-0.05, 0) is 46.2 Å². The Balaban J connectivity index is 2.73. The van der Waals surface area contributed by atoms with Gasteiger partial charge in [0, 0.05) is 12.6 Å². The number of carbonyl (C=O) groups is 1. The minimum Gasteiger partial charge on any atom is -0.368 e. The Hall–Kier alpha value is -0.610. The molecule has 4 heteroatoms. The van der Waals surface area contributed by atoms with Crippen molar-refractivity contribution in [2.75, 3.05) is 19.6 Å². The van der Waals surface area contributed by atoms with Gasteiger partial charge in [0.15, 0.2) is 0 Å². The molecule has 0 aromatic carbocycles. The van der Waals surface area contributed by atoms with Gasteiger partial charge < -0.3 is 16.0 Å². The highest BCUT2D eigenvalue weighted by Gasteiger charge is 2.38. The lowest BCUT2D eigenvalue weighted by molar-refractivity contribution is -0.125. The van der Waals surface area contributed by atoms with E-state index in [-0.39, 0.29) is 5.91 Å². The number of amides is 1. The van der Waals surface area contributed by atoms with E-state index in [0.29, 0.717) is 6.04 Å². The minimum absolute atomic E-state index is 0.195. The van der Waals surface area contributed by atoms with E-state index in [9.17, 15) is 4.79 Å². The van der Waals surface area contributed by atoms with Crippen LogP contribution < -0.4 is 11.1 Å². The van der Waals surface area contributed by atoms with Crippen LogP contribution in [0.5, 0.6) is 0 Å². The van der Waals surface area contributed by atoms with Gasteiger partial charge in [0.2, 0.25) is 5.91 Å². The monoisotopic (exact) mass is 227 g/mol. The summed E-state index contributed by atoms with van der Waals surface area (Å²) in [5, 5.41) is 3.38. The van der Waals surface area contributed by atoms with Crippen LogP contribution in [0, 0.1) is 0 Å². The maximum atomic E-state index is 11.7. The predicted molar refractivity (Wildman–Crippen MR) is 66.2 cm³/mol. The van der Waals surface area contributed by atoms with Crippen LogP contribution >= 0.6 is 0 Å². The first kappa shape index (κ1) is 13.5. The topological polar surface area (TPSA) is 58.4 Å². The summed E-state index contributed by atoms with van der Waals surface area (Å²) in [6, 6.07) is 0.292. The number of rotatable bonds is 4. The molecule has 0 radical (unpaired) electrons. The molecule has 0 bridgehead atoms. The van der Waals surface area contributed by atoms with Crippen molar-refractivity contribution in [3.8, 4) is 0 Å². The summed E-state index contributed by atoms with van der Waals surface area (Å²) in [5.41, 5.74) is 5.10.